The molecule has 1 aromatic heterocycles. The Hall–Kier alpha value is -2.20. The normalized spacial score (nSPS) is 15.5. The van der Waals surface area contributed by atoms with Crippen LogP contribution in [0, 0.1) is 0 Å². The van der Waals surface area contributed by atoms with Gasteiger partial charge in [0.1, 0.15) is 5.82 Å². The fourth-order valence-corrected chi connectivity index (χ4v) is 4.73. The van der Waals surface area contributed by atoms with Gasteiger partial charge in [-0.3, -0.25) is 9.69 Å². The monoisotopic (exact) mass is 465 g/mol. The number of nitrogens with one attached hydrogen (secondary N) is 1. The summed E-state index contributed by atoms with van der Waals surface area (Å²) in [4.78, 5) is 21.2. The quantitative estimate of drug-likeness (QED) is 0.676. The van der Waals surface area contributed by atoms with Gasteiger partial charge in [-0.15, -0.1) is 0 Å². The first-order valence-corrected chi connectivity index (χ1v) is 12.0. The van der Waals surface area contributed by atoms with Crippen molar-refractivity contribution in [1.29, 1.82) is 0 Å². The molecule has 31 heavy (non-hydrogen) atoms. The van der Waals surface area contributed by atoms with E-state index >= 15 is 0 Å². The summed E-state index contributed by atoms with van der Waals surface area (Å²) < 4.78 is 26.4. The maximum Gasteiger partial charge on any atom is 0.243 e. The zero-order valence-electron chi connectivity index (χ0n) is 18.0. The van der Waals surface area contributed by atoms with Crippen molar-refractivity contribution in [2.24, 2.45) is 0 Å². The van der Waals surface area contributed by atoms with Gasteiger partial charge in [0.05, 0.1) is 16.5 Å². The van der Waals surface area contributed by atoms with Crippen molar-refractivity contribution in [1.82, 2.24) is 14.2 Å². The highest BCUT2D eigenvalue weighted by Crippen LogP contribution is 2.19. The summed E-state index contributed by atoms with van der Waals surface area (Å²) in [7, 11) is -1.99. The molecule has 10 heteroatoms. The Morgan fingerprint density at radius 1 is 1.13 bits per heavy atom. The number of nitrogens with zero attached hydrogens (tertiary/aromatic N) is 4. The number of pyridine rings is 1. The van der Waals surface area contributed by atoms with Crippen LogP contribution in [0.25, 0.3) is 0 Å². The Kier molecular flexibility index (Phi) is 7.53. The lowest BCUT2D eigenvalue weighted by Gasteiger charge is -2.35. The van der Waals surface area contributed by atoms with Crippen LogP contribution in [0.5, 0.6) is 0 Å². The number of carbonyl (C=O) groups excluding carboxylic acids is 1. The number of aromatic nitrogens is 1. The van der Waals surface area contributed by atoms with E-state index in [1.165, 1.54) is 16.4 Å². The summed E-state index contributed by atoms with van der Waals surface area (Å²) >= 11 is 5.89. The Labute approximate surface area is 188 Å². The zero-order valence-corrected chi connectivity index (χ0v) is 19.5. The summed E-state index contributed by atoms with van der Waals surface area (Å²) in [5.41, 5.74) is 0.570. The molecule has 0 spiro atoms. The van der Waals surface area contributed by atoms with E-state index in [0.717, 1.165) is 32.0 Å². The predicted octanol–water partition coefficient (Wildman–Crippen LogP) is 2.52. The lowest BCUT2D eigenvalue weighted by molar-refractivity contribution is -0.117. The number of carbonyl (C=O) groups is 1. The second-order valence-electron chi connectivity index (χ2n) is 7.79. The molecule has 8 nitrogen and oxygen atoms in total. The fraction of sp³-hybridized carbons (Fsp3) is 0.429. The lowest BCUT2D eigenvalue weighted by atomic mass is 10.3. The van der Waals surface area contributed by atoms with E-state index in [2.05, 4.69) is 20.1 Å². The van der Waals surface area contributed by atoms with Crippen LogP contribution in [0.3, 0.4) is 0 Å². The van der Waals surface area contributed by atoms with Gasteiger partial charge in [-0.05, 0) is 50.2 Å². The molecule has 2 heterocycles. The van der Waals surface area contributed by atoms with Gasteiger partial charge in [-0.2, -0.15) is 4.31 Å². The average Bonchev–Trinajstić information content (AvgIpc) is 2.74. The smallest absolute Gasteiger partial charge is 0.243 e. The highest BCUT2D eigenvalue weighted by atomic mass is 35.5. The summed E-state index contributed by atoms with van der Waals surface area (Å²) in [5.74, 6) is 0.750. The highest BCUT2D eigenvalue weighted by Gasteiger charge is 2.23. The lowest BCUT2D eigenvalue weighted by Crippen LogP contribution is -2.48. The Morgan fingerprint density at radius 2 is 1.77 bits per heavy atom. The second kappa shape index (κ2) is 9.95. The molecule has 0 aliphatic carbocycles. The maximum atomic E-state index is 12.5. The van der Waals surface area contributed by atoms with Crippen molar-refractivity contribution in [3.63, 3.8) is 0 Å². The van der Waals surface area contributed by atoms with Crippen LogP contribution in [0.1, 0.15) is 13.8 Å². The van der Waals surface area contributed by atoms with Gasteiger partial charge < -0.3 is 10.2 Å². The zero-order chi connectivity index (χ0) is 22.6. The van der Waals surface area contributed by atoms with Gasteiger partial charge in [0, 0.05) is 51.2 Å². The first-order chi connectivity index (χ1) is 14.7. The van der Waals surface area contributed by atoms with Gasteiger partial charge in [-0.25, -0.2) is 13.4 Å². The van der Waals surface area contributed by atoms with E-state index in [1.54, 1.807) is 25.4 Å². The minimum absolute atomic E-state index is 0.132. The molecule has 1 aliphatic rings. The average molecular weight is 466 g/mol. The van der Waals surface area contributed by atoms with Gasteiger partial charge in [-0.1, -0.05) is 11.6 Å². The van der Waals surface area contributed by atoms with Crippen LogP contribution in [0.15, 0.2) is 47.5 Å². The number of benzene rings is 1. The number of halogens is 1. The number of rotatable bonds is 7. The highest BCUT2D eigenvalue weighted by molar-refractivity contribution is 7.89. The van der Waals surface area contributed by atoms with E-state index in [4.69, 9.17) is 11.6 Å². The number of piperazine rings is 1. The number of amides is 1. The third-order valence-electron chi connectivity index (χ3n) is 5.32. The van der Waals surface area contributed by atoms with Crippen LogP contribution >= 0.6 is 11.6 Å². The largest absolute Gasteiger partial charge is 0.354 e. The van der Waals surface area contributed by atoms with Gasteiger partial charge >= 0.3 is 0 Å². The Bertz CT molecular complexity index is 989. The van der Waals surface area contributed by atoms with Gasteiger partial charge in [0.2, 0.25) is 15.9 Å². The third kappa shape index (κ3) is 5.94. The van der Waals surface area contributed by atoms with Crippen molar-refractivity contribution >= 4 is 39.0 Å². The summed E-state index contributed by atoms with van der Waals surface area (Å²) in [6.45, 7) is 6.95. The first-order valence-electron chi connectivity index (χ1n) is 10.1. The molecule has 1 amide bonds. The number of anilines is 2. The molecule has 1 aliphatic heterocycles. The van der Waals surface area contributed by atoms with E-state index in [-0.39, 0.29) is 23.4 Å². The van der Waals surface area contributed by atoms with Gasteiger partial charge in [0.15, 0.2) is 0 Å². The molecular weight excluding hydrogens is 438 g/mol. The molecule has 0 saturated carbocycles. The van der Waals surface area contributed by atoms with E-state index in [1.807, 2.05) is 26.0 Å². The van der Waals surface area contributed by atoms with Crippen molar-refractivity contribution in [2.45, 2.75) is 24.8 Å². The standard InChI is InChI=1S/C21H28ClN5O3S/c1-16(2)25(3)31(29,30)19-7-5-18(6-8-19)24-21(28)15-26-10-12-27(13-11-26)20-9-4-17(22)14-23-20/h4-9,14,16H,10-13,15H2,1-3H3,(H,24,28). The van der Waals surface area contributed by atoms with Crippen molar-refractivity contribution < 1.29 is 13.2 Å². The van der Waals surface area contributed by atoms with E-state index < -0.39 is 10.0 Å². The molecule has 0 unspecified atom stereocenters. The molecule has 3 rings (SSSR count). The number of hydrogen-bond acceptors (Lipinski definition) is 6. The summed E-state index contributed by atoms with van der Waals surface area (Å²) in [6.07, 6.45) is 1.63. The van der Waals surface area contributed by atoms with E-state index in [0.29, 0.717) is 10.7 Å². The molecule has 0 bridgehead atoms. The Balaban J connectivity index is 1.50. The minimum Gasteiger partial charge on any atom is -0.354 e. The molecule has 1 N–H and O–H groups in total. The topological polar surface area (TPSA) is 85.8 Å². The molecule has 1 fully saturated rings. The van der Waals surface area contributed by atoms with Crippen molar-refractivity contribution in [3.8, 4) is 0 Å². The molecular formula is C21H28ClN5O3S. The van der Waals surface area contributed by atoms with E-state index in [9.17, 15) is 13.2 Å². The van der Waals surface area contributed by atoms with Crippen LogP contribution < -0.4 is 10.2 Å². The van der Waals surface area contributed by atoms with Gasteiger partial charge in [0.25, 0.3) is 0 Å². The molecule has 0 atom stereocenters. The molecule has 2 aromatic rings. The van der Waals surface area contributed by atoms with Crippen molar-refractivity contribution in [2.75, 3.05) is 50.0 Å². The Morgan fingerprint density at radius 3 is 2.32 bits per heavy atom. The third-order valence-corrected chi connectivity index (χ3v) is 7.59. The summed E-state index contributed by atoms with van der Waals surface area (Å²) in [5, 5.41) is 3.45. The number of sulfonamides is 1. The van der Waals surface area contributed by atoms with Crippen LogP contribution in [-0.2, 0) is 14.8 Å². The number of hydrogen-bond donors (Lipinski definition) is 1. The molecule has 168 valence electrons. The predicted molar refractivity (Wildman–Crippen MR) is 123 cm³/mol. The maximum absolute atomic E-state index is 12.5. The van der Waals surface area contributed by atoms with Crippen molar-refractivity contribution in [3.05, 3.63) is 47.6 Å². The summed E-state index contributed by atoms with van der Waals surface area (Å²) in [6, 6.07) is 9.84. The molecule has 1 saturated heterocycles. The van der Waals surface area contributed by atoms with Crippen LogP contribution in [0.4, 0.5) is 11.5 Å². The fourth-order valence-electron chi connectivity index (χ4n) is 3.25. The second-order valence-corrected chi connectivity index (χ2v) is 10.2. The minimum atomic E-state index is -3.54. The molecule has 1 aromatic carbocycles. The SMILES string of the molecule is CC(C)N(C)S(=O)(=O)c1ccc(NC(=O)CN2CCN(c3ccc(Cl)cn3)CC2)cc1. The van der Waals surface area contributed by atoms with Crippen LogP contribution in [-0.4, -0.2) is 74.3 Å². The van der Waals surface area contributed by atoms with Crippen LogP contribution in [0.2, 0.25) is 5.02 Å². The molecule has 0 radical (unpaired) electrons. The first kappa shape index (κ1) is 23.5.